The van der Waals surface area contributed by atoms with E-state index in [1.165, 1.54) is 0 Å². The van der Waals surface area contributed by atoms with Gasteiger partial charge in [-0.3, -0.25) is 0 Å². The summed E-state index contributed by atoms with van der Waals surface area (Å²) in [5, 5.41) is 11.5. The van der Waals surface area contributed by atoms with Gasteiger partial charge in [0.15, 0.2) is 0 Å². The van der Waals surface area contributed by atoms with Gasteiger partial charge in [-0.15, -0.1) is 0 Å². The van der Waals surface area contributed by atoms with Crippen LogP contribution in [0.1, 0.15) is 6.42 Å². The maximum absolute atomic E-state index is 8.42. The number of hydrogen-bond acceptors (Lipinski definition) is 4. The molecule has 0 aromatic carbocycles. The van der Waals surface area contributed by atoms with Crippen molar-refractivity contribution in [1.29, 1.82) is 0 Å². The van der Waals surface area contributed by atoms with Gasteiger partial charge in [0, 0.05) is 19.7 Å². The average Bonchev–Trinajstić information content (AvgIpc) is 2.03. The zero-order valence-corrected chi connectivity index (χ0v) is 6.88. The van der Waals surface area contributed by atoms with Gasteiger partial charge >= 0.3 is 0 Å². The Kier molecular flexibility index (Phi) is 9.70. The highest BCUT2D eigenvalue weighted by molar-refractivity contribution is 4.45. The van der Waals surface area contributed by atoms with Crippen molar-refractivity contribution in [2.24, 2.45) is 5.73 Å². The third kappa shape index (κ3) is 9.84. The average molecular weight is 162 g/mol. The number of nitrogens with one attached hydrogen (secondary N) is 1. The van der Waals surface area contributed by atoms with Crippen molar-refractivity contribution in [2.75, 3.05) is 39.5 Å². The fourth-order valence-electron chi connectivity index (χ4n) is 0.659. The van der Waals surface area contributed by atoms with Crippen molar-refractivity contribution in [3.05, 3.63) is 0 Å². The van der Waals surface area contributed by atoms with E-state index in [2.05, 4.69) is 5.32 Å². The lowest BCUT2D eigenvalue weighted by molar-refractivity contribution is 0.143. The molecule has 68 valence electrons. The van der Waals surface area contributed by atoms with Crippen LogP contribution in [0.15, 0.2) is 0 Å². The van der Waals surface area contributed by atoms with Crippen LogP contribution in [0.5, 0.6) is 0 Å². The van der Waals surface area contributed by atoms with Gasteiger partial charge in [0.1, 0.15) is 0 Å². The molecule has 0 bridgehead atoms. The molecule has 0 heterocycles. The number of rotatable bonds is 8. The first-order valence-corrected chi connectivity index (χ1v) is 4.01. The Morgan fingerprint density at radius 3 is 2.73 bits per heavy atom. The lowest BCUT2D eigenvalue weighted by Gasteiger charge is -2.03. The number of nitrogens with two attached hydrogens (primary N) is 1. The molecule has 0 aliphatic heterocycles. The topological polar surface area (TPSA) is 67.5 Å². The molecule has 0 aliphatic carbocycles. The van der Waals surface area contributed by atoms with E-state index in [9.17, 15) is 0 Å². The molecule has 0 atom stereocenters. The van der Waals surface area contributed by atoms with Crippen LogP contribution in [0.4, 0.5) is 0 Å². The summed E-state index contributed by atoms with van der Waals surface area (Å²) in [4.78, 5) is 0. The van der Waals surface area contributed by atoms with Crippen LogP contribution in [-0.2, 0) is 4.74 Å². The molecule has 0 saturated carbocycles. The summed E-state index contributed by atoms with van der Waals surface area (Å²) in [7, 11) is 0. The van der Waals surface area contributed by atoms with Gasteiger partial charge in [-0.1, -0.05) is 0 Å². The Labute approximate surface area is 67.7 Å². The van der Waals surface area contributed by atoms with Crippen molar-refractivity contribution in [3.63, 3.8) is 0 Å². The van der Waals surface area contributed by atoms with Gasteiger partial charge in [-0.05, 0) is 13.0 Å². The summed E-state index contributed by atoms with van der Waals surface area (Å²) >= 11 is 0. The molecule has 0 aliphatic rings. The number of ether oxygens (including phenoxy) is 1. The lowest BCUT2D eigenvalue weighted by Crippen LogP contribution is -2.22. The summed E-state index contributed by atoms with van der Waals surface area (Å²) in [6.45, 7) is 3.83. The summed E-state index contributed by atoms with van der Waals surface area (Å²) in [5.74, 6) is 0. The van der Waals surface area contributed by atoms with Crippen molar-refractivity contribution >= 4 is 0 Å². The van der Waals surface area contributed by atoms with Crippen LogP contribution in [0, 0.1) is 0 Å². The SMILES string of the molecule is NCCOCCNCCCO. The van der Waals surface area contributed by atoms with Crippen LogP contribution < -0.4 is 11.1 Å². The largest absolute Gasteiger partial charge is 0.396 e. The summed E-state index contributed by atoms with van der Waals surface area (Å²) < 4.78 is 5.11. The molecule has 0 saturated heterocycles. The quantitative estimate of drug-likeness (QED) is 0.398. The fraction of sp³-hybridized carbons (Fsp3) is 1.00. The molecular formula is C7H18N2O2. The van der Waals surface area contributed by atoms with E-state index >= 15 is 0 Å². The molecule has 4 N–H and O–H groups in total. The fourth-order valence-corrected chi connectivity index (χ4v) is 0.659. The second-order valence-corrected chi connectivity index (χ2v) is 2.23. The molecule has 0 radical (unpaired) electrons. The molecule has 0 unspecified atom stereocenters. The van der Waals surface area contributed by atoms with Crippen LogP contribution in [0.3, 0.4) is 0 Å². The number of hydrogen-bond donors (Lipinski definition) is 3. The molecule has 0 amide bonds. The highest BCUT2D eigenvalue weighted by atomic mass is 16.5. The van der Waals surface area contributed by atoms with Crippen LogP contribution in [0.2, 0.25) is 0 Å². The van der Waals surface area contributed by atoms with E-state index in [4.69, 9.17) is 15.6 Å². The molecule has 0 aromatic rings. The van der Waals surface area contributed by atoms with E-state index in [1.54, 1.807) is 0 Å². The smallest absolute Gasteiger partial charge is 0.0591 e. The van der Waals surface area contributed by atoms with Crippen molar-refractivity contribution in [3.8, 4) is 0 Å². The summed E-state index contributed by atoms with van der Waals surface area (Å²) in [5.41, 5.74) is 5.21. The molecule has 4 heteroatoms. The van der Waals surface area contributed by atoms with E-state index in [-0.39, 0.29) is 6.61 Å². The highest BCUT2D eigenvalue weighted by Gasteiger charge is 1.86. The van der Waals surface area contributed by atoms with Gasteiger partial charge < -0.3 is 20.9 Å². The molecule has 0 spiro atoms. The van der Waals surface area contributed by atoms with E-state index in [0.717, 1.165) is 19.5 Å². The Morgan fingerprint density at radius 2 is 2.09 bits per heavy atom. The van der Waals surface area contributed by atoms with E-state index in [0.29, 0.717) is 19.8 Å². The van der Waals surface area contributed by atoms with Crippen LogP contribution >= 0.6 is 0 Å². The van der Waals surface area contributed by atoms with Gasteiger partial charge in [-0.2, -0.15) is 0 Å². The second-order valence-electron chi connectivity index (χ2n) is 2.23. The Morgan fingerprint density at radius 1 is 1.27 bits per heavy atom. The Bertz CT molecular complexity index is 63.5. The Balaban J connectivity index is 2.69. The summed E-state index contributed by atoms with van der Waals surface area (Å²) in [6, 6.07) is 0. The molecule has 0 aromatic heterocycles. The minimum atomic E-state index is 0.247. The highest BCUT2D eigenvalue weighted by Crippen LogP contribution is 1.73. The minimum absolute atomic E-state index is 0.247. The summed E-state index contributed by atoms with van der Waals surface area (Å²) in [6.07, 6.45) is 0.802. The standard InChI is InChI=1S/C7H18N2O2/c8-2-6-11-7-4-9-3-1-5-10/h9-10H,1-8H2. The van der Waals surface area contributed by atoms with Gasteiger partial charge in [0.2, 0.25) is 0 Å². The third-order valence-corrected chi connectivity index (χ3v) is 1.20. The first-order valence-electron chi connectivity index (χ1n) is 4.01. The monoisotopic (exact) mass is 162 g/mol. The third-order valence-electron chi connectivity index (χ3n) is 1.20. The maximum Gasteiger partial charge on any atom is 0.0591 e. The first kappa shape index (κ1) is 10.8. The zero-order chi connectivity index (χ0) is 8.36. The van der Waals surface area contributed by atoms with Crippen molar-refractivity contribution < 1.29 is 9.84 Å². The predicted octanol–water partition coefficient (Wildman–Crippen LogP) is -1.07. The molecule has 4 nitrogen and oxygen atoms in total. The van der Waals surface area contributed by atoms with Gasteiger partial charge in [0.25, 0.3) is 0 Å². The molecule has 11 heavy (non-hydrogen) atoms. The van der Waals surface area contributed by atoms with Crippen LogP contribution in [-0.4, -0.2) is 44.6 Å². The van der Waals surface area contributed by atoms with Crippen molar-refractivity contribution in [2.45, 2.75) is 6.42 Å². The van der Waals surface area contributed by atoms with E-state index in [1.807, 2.05) is 0 Å². The number of aliphatic hydroxyl groups is 1. The second kappa shape index (κ2) is 9.84. The maximum atomic E-state index is 8.42. The minimum Gasteiger partial charge on any atom is -0.396 e. The normalized spacial score (nSPS) is 10.4. The van der Waals surface area contributed by atoms with Gasteiger partial charge in [-0.25, -0.2) is 0 Å². The molecule has 0 fully saturated rings. The number of aliphatic hydroxyl groups excluding tert-OH is 1. The van der Waals surface area contributed by atoms with Crippen LogP contribution in [0.25, 0.3) is 0 Å². The zero-order valence-electron chi connectivity index (χ0n) is 6.88. The molecular weight excluding hydrogens is 144 g/mol. The Hall–Kier alpha value is -0.160. The lowest BCUT2D eigenvalue weighted by atomic mass is 10.4. The van der Waals surface area contributed by atoms with E-state index < -0.39 is 0 Å². The van der Waals surface area contributed by atoms with Gasteiger partial charge in [0.05, 0.1) is 13.2 Å². The molecule has 0 rings (SSSR count). The van der Waals surface area contributed by atoms with Crippen molar-refractivity contribution in [1.82, 2.24) is 5.32 Å². The first-order chi connectivity index (χ1) is 5.41. The predicted molar refractivity (Wildman–Crippen MR) is 44.4 cm³/mol.